The standard InChI is InChI=1S/C17H20FN5O.ClH/c1-4-15-14(17-21-16(22-24-17)9-11(2)19-3)10-20-23(15)13-7-5-12(18)6-8-13;/h5-8,10-11,19H,4,9H2,1-3H3;1H. The third-order valence-corrected chi connectivity index (χ3v) is 3.96. The summed E-state index contributed by atoms with van der Waals surface area (Å²) in [7, 11) is 1.90. The van der Waals surface area contributed by atoms with E-state index in [1.54, 1.807) is 23.0 Å². The Bertz CT molecular complexity index is 815. The second-order valence-electron chi connectivity index (χ2n) is 5.66. The predicted molar refractivity (Wildman–Crippen MR) is 95.7 cm³/mol. The minimum absolute atomic E-state index is 0. The average molecular weight is 366 g/mol. The molecule has 0 aliphatic rings. The maximum atomic E-state index is 13.1. The van der Waals surface area contributed by atoms with Gasteiger partial charge < -0.3 is 9.84 Å². The number of hydrogen-bond acceptors (Lipinski definition) is 5. The van der Waals surface area contributed by atoms with Crippen molar-refractivity contribution in [1.82, 2.24) is 25.2 Å². The molecule has 0 bridgehead atoms. The van der Waals surface area contributed by atoms with Crippen molar-refractivity contribution < 1.29 is 8.91 Å². The van der Waals surface area contributed by atoms with Crippen LogP contribution < -0.4 is 5.32 Å². The van der Waals surface area contributed by atoms with Crippen LogP contribution in [0, 0.1) is 5.82 Å². The molecule has 1 N–H and O–H groups in total. The first-order valence-corrected chi connectivity index (χ1v) is 7.95. The van der Waals surface area contributed by atoms with Crippen molar-refractivity contribution in [2.45, 2.75) is 32.7 Å². The highest BCUT2D eigenvalue weighted by Crippen LogP contribution is 2.25. The SMILES string of the molecule is CCc1c(-c2nc(CC(C)NC)no2)cnn1-c1ccc(F)cc1.Cl. The van der Waals surface area contributed by atoms with Crippen molar-refractivity contribution >= 4 is 12.4 Å². The fourth-order valence-electron chi connectivity index (χ4n) is 2.52. The Morgan fingerprint density at radius 2 is 2.00 bits per heavy atom. The lowest BCUT2D eigenvalue weighted by atomic mass is 10.2. The van der Waals surface area contributed by atoms with Gasteiger partial charge in [-0.2, -0.15) is 10.1 Å². The Balaban J connectivity index is 0.00000225. The zero-order chi connectivity index (χ0) is 17.1. The highest BCUT2D eigenvalue weighted by atomic mass is 35.5. The Morgan fingerprint density at radius 3 is 2.64 bits per heavy atom. The number of benzene rings is 1. The Kier molecular flexibility index (Phi) is 6.27. The monoisotopic (exact) mass is 365 g/mol. The molecule has 0 fully saturated rings. The Morgan fingerprint density at radius 1 is 1.28 bits per heavy atom. The molecule has 1 aromatic carbocycles. The van der Waals surface area contributed by atoms with Crippen molar-refractivity contribution in [2.24, 2.45) is 0 Å². The van der Waals surface area contributed by atoms with E-state index in [9.17, 15) is 4.39 Å². The molecule has 8 heteroatoms. The van der Waals surface area contributed by atoms with Gasteiger partial charge >= 0.3 is 0 Å². The zero-order valence-electron chi connectivity index (χ0n) is 14.4. The Labute approximate surface area is 151 Å². The summed E-state index contributed by atoms with van der Waals surface area (Å²) in [6.45, 7) is 4.08. The number of likely N-dealkylation sites (N-methyl/N-ethyl adjacent to an activating group) is 1. The van der Waals surface area contributed by atoms with Crippen molar-refractivity contribution in [3.63, 3.8) is 0 Å². The molecule has 3 rings (SSSR count). The molecule has 134 valence electrons. The highest BCUT2D eigenvalue weighted by molar-refractivity contribution is 5.85. The van der Waals surface area contributed by atoms with Gasteiger partial charge in [-0.25, -0.2) is 9.07 Å². The summed E-state index contributed by atoms with van der Waals surface area (Å²) >= 11 is 0. The number of hydrogen-bond donors (Lipinski definition) is 1. The first-order chi connectivity index (χ1) is 11.6. The lowest BCUT2D eigenvalue weighted by Gasteiger charge is -2.06. The maximum Gasteiger partial charge on any atom is 0.261 e. The summed E-state index contributed by atoms with van der Waals surface area (Å²) in [6.07, 6.45) is 3.13. The van der Waals surface area contributed by atoms with Crippen LogP contribution in [0.1, 0.15) is 25.4 Å². The molecule has 1 atom stereocenters. The summed E-state index contributed by atoms with van der Waals surface area (Å²) in [6, 6.07) is 6.49. The van der Waals surface area contributed by atoms with Crippen molar-refractivity contribution in [1.29, 1.82) is 0 Å². The number of nitrogens with zero attached hydrogens (tertiary/aromatic N) is 4. The zero-order valence-corrected chi connectivity index (χ0v) is 15.2. The molecular weight excluding hydrogens is 345 g/mol. The van der Waals surface area contributed by atoms with Gasteiger partial charge in [0.25, 0.3) is 5.89 Å². The molecule has 0 spiro atoms. The normalized spacial score (nSPS) is 12.0. The van der Waals surface area contributed by atoms with Gasteiger partial charge in [0.1, 0.15) is 5.82 Å². The summed E-state index contributed by atoms with van der Waals surface area (Å²) in [4.78, 5) is 4.47. The molecule has 25 heavy (non-hydrogen) atoms. The molecule has 3 aromatic rings. The first-order valence-electron chi connectivity index (χ1n) is 7.95. The van der Waals surface area contributed by atoms with Crippen LogP contribution in [0.15, 0.2) is 35.0 Å². The van der Waals surface area contributed by atoms with Crippen molar-refractivity contribution in [3.05, 3.63) is 47.8 Å². The van der Waals surface area contributed by atoms with E-state index in [0.29, 0.717) is 18.1 Å². The van der Waals surface area contributed by atoms with Crippen LogP contribution in [0.4, 0.5) is 4.39 Å². The van der Waals surface area contributed by atoms with Gasteiger partial charge in [-0.1, -0.05) is 12.1 Å². The molecule has 0 amide bonds. The number of rotatable bonds is 6. The fraction of sp³-hybridized carbons (Fsp3) is 0.353. The van der Waals surface area contributed by atoms with E-state index in [0.717, 1.165) is 23.4 Å². The van der Waals surface area contributed by atoms with Gasteiger partial charge in [0.05, 0.1) is 23.1 Å². The second kappa shape index (κ2) is 8.22. The molecule has 2 aromatic heterocycles. The van der Waals surface area contributed by atoms with Crippen LogP contribution in [0.25, 0.3) is 17.1 Å². The predicted octanol–water partition coefficient (Wildman–Crippen LogP) is 3.20. The smallest absolute Gasteiger partial charge is 0.261 e. The summed E-state index contributed by atoms with van der Waals surface area (Å²) in [5.41, 5.74) is 2.54. The summed E-state index contributed by atoms with van der Waals surface area (Å²) < 4.78 is 20.3. The van der Waals surface area contributed by atoms with Gasteiger partial charge in [-0.15, -0.1) is 12.4 Å². The molecule has 1 unspecified atom stereocenters. The topological polar surface area (TPSA) is 68.8 Å². The molecule has 6 nitrogen and oxygen atoms in total. The third-order valence-electron chi connectivity index (χ3n) is 3.96. The number of halogens is 2. The van der Waals surface area contributed by atoms with Gasteiger partial charge in [-0.05, 0) is 44.7 Å². The van der Waals surface area contributed by atoms with E-state index in [2.05, 4.69) is 27.5 Å². The third kappa shape index (κ3) is 4.05. The summed E-state index contributed by atoms with van der Waals surface area (Å²) in [5.74, 6) is 0.839. The second-order valence-corrected chi connectivity index (χ2v) is 5.66. The van der Waals surface area contributed by atoms with Gasteiger partial charge in [0, 0.05) is 12.5 Å². The highest BCUT2D eigenvalue weighted by Gasteiger charge is 2.18. The first kappa shape index (κ1) is 19.1. The van der Waals surface area contributed by atoms with E-state index in [1.807, 2.05) is 14.0 Å². The van der Waals surface area contributed by atoms with Crippen LogP contribution in [0.5, 0.6) is 0 Å². The largest absolute Gasteiger partial charge is 0.334 e. The number of nitrogens with one attached hydrogen (secondary N) is 1. The van der Waals surface area contributed by atoms with Crippen LogP contribution >= 0.6 is 12.4 Å². The molecule has 0 aliphatic heterocycles. The fourth-order valence-corrected chi connectivity index (χ4v) is 2.52. The average Bonchev–Trinajstić information content (AvgIpc) is 3.21. The molecular formula is C17H21ClFN5O. The quantitative estimate of drug-likeness (QED) is 0.726. The van der Waals surface area contributed by atoms with E-state index in [1.165, 1.54) is 12.1 Å². The van der Waals surface area contributed by atoms with Crippen molar-refractivity contribution in [3.8, 4) is 17.1 Å². The van der Waals surface area contributed by atoms with E-state index in [4.69, 9.17) is 4.52 Å². The van der Waals surface area contributed by atoms with E-state index >= 15 is 0 Å². The van der Waals surface area contributed by atoms with Gasteiger partial charge in [0.15, 0.2) is 5.82 Å². The Hall–Kier alpha value is -2.25. The van der Waals surface area contributed by atoms with Crippen LogP contribution in [0.3, 0.4) is 0 Å². The maximum absolute atomic E-state index is 13.1. The lowest BCUT2D eigenvalue weighted by molar-refractivity contribution is 0.418. The molecule has 0 radical (unpaired) electrons. The minimum Gasteiger partial charge on any atom is -0.334 e. The number of aromatic nitrogens is 4. The lowest BCUT2D eigenvalue weighted by Crippen LogP contribution is -2.24. The van der Waals surface area contributed by atoms with Crippen LogP contribution in [0.2, 0.25) is 0 Å². The molecule has 0 saturated carbocycles. The molecule has 0 aliphatic carbocycles. The van der Waals surface area contributed by atoms with E-state index < -0.39 is 0 Å². The minimum atomic E-state index is -0.274. The molecule has 2 heterocycles. The van der Waals surface area contributed by atoms with Gasteiger partial charge in [-0.3, -0.25) is 0 Å². The summed E-state index contributed by atoms with van der Waals surface area (Å²) in [5, 5.41) is 11.6. The van der Waals surface area contributed by atoms with Crippen molar-refractivity contribution in [2.75, 3.05) is 7.05 Å². The van der Waals surface area contributed by atoms with Crippen LogP contribution in [-0.4, -0.2) is 33.0 Å². The van der Waals surface area contributed by atoms with E-state index in [-0.39, 0.29) is 24.3 Å². The van der Waals surface area contributed by atoms with Crippen LogP contribution in [-0.2, 0) is 12.8 Å². The molecule has 0 saturated heterocycles. The van der Waals surface area contributed by atoms with Gasteiger partial charge in [0.2, 0.25) is 0 Å².